The first kappa shape index (κ1) is 18.4. The van der Waals surface area contributed by atoms with E-state index in [0.717, 1.165) is 60.8 Å². The van der Waals surface area contributed by atoms with Gasteiger partial charge in [-0.05, 0) is 30.9 Å². The highest BCUT2D eigenvalue weighted by Gasteiger charge is 2.19. The topological polar surface area (TPSA) is 56.2 Å². The van der Waals surface area contributed by atoms with Crippen LogP contribution in [0.2, 0.25) is 0 Å². The van der Waals surface area contributed by atoms with E-state index in [1.54, 1.807) is 0 Å². The number of hydrogen-bond acceptors (Lipinski definition) is 3. The van der Waals surface area contributed by atoms with Crippen LogP contribution < -0.4 is 5.32 Å². The van der Waals surface area contributed by atoms with E-state index in [9.17, 15) is 4.79 Å². The summed E-state index contributed by atoms with van der Waals surface area (Å²) in [6, 6.07) is 18.3. The lowest BCUT2D eigenvalue weighted by atomic mass is 9.99. The van der Waals surface area contributed by atoms with Gasteiger partial charge in [-0.15, -0.1) is 0 Å². The van der Waals surface area contributed by atoms with E-state index in [1.807, 2.05) is 36.7 Å². The maximum atomic E-state index is 11.3. The van der Waals surface area contributed by atoms with Crippen LogP contribution in [-0.4, -0.2) is 28.7 Å². The number of hydrogen-bond donors (Lipinski definition) is 1. The number of benzene rings is 2. The SMILES string of the molecule is CC(=O)Nc1ccc(-c2c(-c3ccccc3)ncn2CC2CCOCC2)cc1. The molecular formula is C23H25N3O2. The van der Waals surface area contributed by atoms with Crippen LogP contribution in [0, 0.1) is 5.92 Å². The van der Waals surface area contributed by atoms with E-state index in [1.165, 1.54) is 6.92 Å². The van der Waals surface area contributed by atoms with Crippen molar-refractivity contribution in [3.8, 4) is 22.5 Å². The first-order chi connectivity index (χ1) is 13.7. The summed E-state index contributed by atoms with van der Waals surface area (Å²) in [6.45, 7) is 4.13. The second-order valence-corrected chi connectivity index (χ2v) is 7.27. The Morgan fingerprint density at radius 2 is 1.79 bits per heavy atom. The summed E-state index contributed by atoms with van der Waals surface area (Å²) in [6.07, 6.45) is 4.12. The summed E-state index contributed by atoms with van der Waals surface area (Å²) in [7, 11) is 0. The molecule has 1 aliphatic heterocycles. The summed E-state index contributed by atoms with van der Waals surface area (Å²) in [4.78, 5) is 16.1. The average molecular weight is 375 g/mol. The van der Waals surface area contributed by atoms with Crippen molar-refractivity contribution < 1.29 is 9.53 Å². The van der Waals surface area contributed by atoms with Crippen molar-refractivity contribution in [3.05, 3.63) is 60.9 Å². The van der Waals surface area contributed by atoms with Gasteiger partial charge in [0.25, 0.3) is 0 Å². The van der Waals surface area contributed by atoms with Crippen LogP contribution in [0.1, 0.15) is 19.8 Å². The van der Waals surface area contributed by atoms with Crippen molar-refractivity contribution in [2.45, 2.75) is 26.3 Å². The zero-order valence-electron chi connectivity index (χ0n) is 16.1. The number of anilines is 1. The molecule has 0 aliphatic carbocycles. The number of rotatable bonds is 5. The third-order valence-electron chi connectivity index (χ3n) is 5.16. The van der Waals surface area contributed by atoms with Gasteiger partial charge in [-0.25, -0.2) is 4.98 Å². The molecule has 0 bridgehead atoms. The van der Waals surface area contributed by atoms with Crippen molar-refractivity contribution in [1.29, 1.82) is 0 Å². The number of amides is 1. The van der Waals surface area contributed by atoms with Crippen LogP contribution in [0.3, 0.4) is 0 Å². The van der Waals surface area contributed by atoms with Gasteiger partial charge in [-0.3, -0.25) is 4.79 Å². The van der Waals surface area contributed by atoms with Crippen molar-refractivity contribution in [3.63, 3.8) is 0 Å². The molecule has 1 amide bonds. The molecule has 5 nitrogen and oxygen atoms in total. The first-order valence-electron chi connectivity index (χ1n) is 9.77. The van der Waals surface area contributed by atoms with Gasteiger partial charge in [-0.2, -0.15) is 0 Å². The molecule has 0 saturated carbocycles. The number of aromatic nitrogens is 2. The van der Waals surface area contributed by atoms with Crippen LogP contribution in [-0.2, 0) is 16.1 Å². The second kappa shape index (κ2) is 8.40. The van der Waals surface area contributed by atoms with Crippen LogP contribution in [0.25, 0.3) is 22.5 Å². The zero-order chi connectivity index (χ0) is 19.3. The molecule has 1 N–H and O–H groups in total. The maximum Gasteiger partial charge on any atom is 0.221 e. The average Bonchev–Trinajstić information content (AvgIpc) is 3.13. The molecule has 28 heavy (non-hydrogen) atoms. The predicted molar refractivity (Wildman–Crippen MR) is 111 cm³/mol. The lowest BCUT2D eigenvalue weighted by molar-refractivity contribution is -0.114. The zero-order valence-corrected chi connectivity index (χ0v) is 16.1. The minimum Gasteiger partial charge on any atom is -0.381 e. The van der Waals surface area contributed by atoms with E-state index in [-0.39, 0.29) is 5.91 Å². The van der Waals surface area contributed by atoms with Crippen LogP contribution in [0.15, 0.2) is 60.9 Å². The van der Waals surface area contributed by atoms with E-state index < -0.39 is 0 Å². The minimum atomic E-state index is -0.0673. The lowest BCUT2D eigenvalue weighted by Gasteiger charge is -2.23. The molecule has 0 atom stereocenters. The van der Waals surface area contributed by atoms with Gasteiger partial charge in [0.15, 0.2) is 0 Å². The number of nitrogens with zero attached hydrogens (tertiary/aromatic N) is 2. The fraction of sp³-hybridized carbons (Fsp3) is 0.304. The van der Waals surface area contributed by atoms with Gasteiger partial charge in [0.1, 0.15) is 0 Å². The second-order valence-electron chi connectivity index (χ2n) is 7.27. The molecule has 144 valence electrons. The maximum absolute atomic E-state index is 11.3. The van der Waals surface area contributed by atoms with Crippen LogP contribution in [0.5, 0.6) is 0 Å². The Kier molecular flexibility index (Phi) is 5.53. The molecule has 1 aromatic heterocycles. The normalized spacial score (nSPS) is 14.8. The third kappa shape index (κ3) is 4.15. The Balaban J connectivity index is 1.71. The molecule has 2 heterocycles. The minimum absolute atomic E-state index is 0.0673. The highest BCUT2D eigenvalue weighted by atomic mass is 16.5. The van der Waals surface area contributed by atoms with Crippen molar-refractivity contribution in [1.82, 2.24) is 9.55 Å². The smallest absolute Gasteiger partial charge is 0.221 e. The molecular weight excluding hydrogens is 350 g/mol. The summed E-state index contributed by atoms with van der Waals surface area (Å²) in [5.41, 5.74) is 5.10. The molecule has 0 unspecified atom stereocenters. The molecule has 3 aromatic rings. The number of nitrogens with one attached hydrogen (secondary N) is 1. The van der Waals surface area contributed by atoms with E-state index in [4.69, 9.17) is 9.72 Å². The van der Waals surface area contributed by atoms with Gasteiger partial charge in [0.05, 0.1) is 17.7 Å². The fourth-order valence-electron chi connectivity index (χ4n) is 3.75. The van der Waals surface area contributed by atoms with Gasteiger partial charge < -0.3 is 14.6 Å². The van der Waals surface area contributed by atoms with Gasteiger partial charge in [0.2, 0.25) is 5.91 Å². The Morgan fingerprint density at radius 1 is 1.07 bits per heavy atom. The molecule has 2 aromatic carbocycles. The third-order valence-corrected chi connectivity index (χ3v) is 5.16. The van der Waals surface area contributed by atoms with Crippen LogP contribution >= 0.6 is 0 Å². The van der Waals surface area contributed by atoms with Crippen LogP contribution in [0.4, 0.5) is 5.69 Å². The van der Waals surface area contributed by atoms with Crippen molar-refractivity contribution in [2.24, 2.45) is 5.92 Å². The number of carbonyl (C=O) groups is 1. The Morgan fingerprint density at radius 3 is 2.46 bits per heavy atom. The Labute approximate surface area is 165 Å². The quantitative estimate of drug-likeness (QED) is 0.709. The van der Waals surface area contributed by atoms with Crippen molar-refractivity contribution in [2.75, 3.05) is 18.5 Å². The predicted octanol–water partition coefficient (Wildman–Crippen LogP) is 4.60. The van der Waals surface area contributed by atoms with E-state index in [2.05, 4.69) is 34.1 Å². The molecule has 5 heteroatoms. The van der Waals surface area contributed by atoms with Gasteiger partial charge >= 0.3 is 0 Å². The van der Waals surface area contributed by atoms with Crippen molar-refractivity contribution >= 4 is 11.6 Å². The largest absolute Gasteiger partial charge is 0.381 e. The number of imidazole rings is 1. The highest BCUT2D eigenvalue weighted by molar-refractivity contribution is 5.89. The van der Waals surface area contributed by atoms with Gasteiger partial charge in [0, 0.05) is 43.5 Å². The molecule has 0 spiro atoms. The monoisotopic (exact) mass is 375 g/mol. The molecule has 1 saturated heterocycles. The molecule has 4 rings (SSSR count). The van der Waals surface area contributed by atoms with Gasteiger partial charge in [-0.1, -0.05) is 42.5 Å². The summed E-state index contributed by atoms with van der Waals surface area (Å²) in [5, 5.41) is 2.83. The summed E-state index contributed by atoms with van der Waals surface area (Å²) in [5.74, 6) is 0.534. The lowest BCUT2D eigenvalue weighted by Crippen LogP contribution is -2.20. The highest BCUT2D eigenvalue weighted by Crippen LogP contribution is 2.33. The van der Waals surface area contributed by atoms with E-state index in [0.29, 0.717) is 5.92 Å². The molecule has 0 radical (unpaired) electrons. The first-order valence-corrected chi connectivity index (χ1v) is 9.77. The number of ether oxygens (including phenoxy) is 1. The summed E-state index contributed by atoms with van der Waals surface area (Å²) >= 11 is 0. The Hall–Kier alpha value is -2.92. The Bertz CT molecular complexity index is 926. The molecule has 1 aliphatic rings. The molecule has 1 fully saturated rings. The fourth-order valence-corrected chi connectivity index (χ4v) is 3.75. The number of carbonyl (C=O) groups excluding carboxylic acids is 1. The standard InChI is InChI=1S/C23H25N3O2/c1-17(27)25-21-9-7-20(8-10-21)23-22(19-5-3-2-4-6-19)24-16-26(23)15-18-11-13-28-14-12-18/h2-10,16,18H,11-15H2,1H3,(H,25,27). The van der Waals surface area contributed by atoms with E-state index >= 15 is 0 Å². The summed E-state index contributed by atoms with van der Waals surface area (Å²) < 4.78 is 7.78.